The first kappa shape index (κ1) is 43.5. The molecule has 2 aromatic heterocycles. The molecular weight excluding hydrogens is 738 g/mol. The fourth-order valence-corrected chi connectivity index (χ4v) is 5.76. The van der Waals surface area contributed by atoms with E-state index in [0.29, 0.717) is 22.5 Å². The topological polar surface area (TPSA) is 178 Å². The van der Waals surface area contributed by atoms with Crippen LogP contribution in [0.15, 0.2) is 109 Å². The Morgan fingerprint density at radius 2 is 1.00 bits per heavy atom. The number of ketones is 1. The van der Waals surface area contributed by atoms with Gasteiger partial charge in [0.2, 0.25) is 17.6 Å². The smallest absolute Gasteiger partial charge is 0.408 e. The number of hydrogen-bond donors (Lipinski definition) is 4. The van der Waals surface area contributed by atoms with Gasteiger partial charge in [-0.05, 0) is 60.1 Å². The zero-order valence-corrected chi connectivity index (χ0v) is 32.2. The van der Waals surface area contributed by atoms with E-state index in [4.69, 9.17) is 9.47 Å². The summed E-state index contributed by atoms with van der Waals surface area (Å²) in [6.07, 6.45) is 0.303. The first-order chi connectivity index (χ1) is 27.2. The number of benzene rings is 2. The molecule has 4 amide bonds. The van der Waals surface area contributed by atoms with Crippen molar-refractivity contribution in [1.29, 1.82) is 0 Å². The second kappa shape index (κ2) is 21.2. The normalized spacial score (nSPS) is 13.4. The molecule has 0 spiro atoms. The van der Waals surface area contributed by atoms with E-state index >= 15 is 8.78 Å². The van der Waals surface area contributed by atoms with Crippen molar-refractivity contribution < 1.29 is 42.2 Å². The van der Waals surface area contributed by atoms with E-state index in [-0.39, 0.29) is 19.6 Å². The molecule has 57 heavy (non-hydrogen) atoms. The molecule has 0 bridgehead atoms. The van der Waals surface area contributed by atoms with Gasteiger partial charge in [-0.1, -0.05) is 100 Å². The number of alkyl carbamates (subject to hydrolysis) is 2. The summed E-state index contributed by atoms with van der Waals surface area (Å²) < 4.78 is 44.2. The molecule has 0 aliphatic rings. The number of ether oxygens (including phenoxy) is 2. The number of amides is 4. The molecule has 302 valence electrons. The van der Waals surface area contributed by atoms with Crippen LogP contribution in [0.2, 0.25) is 0 Å². The number of aromatic nitrogens is 2. The van der Waals surface area contributed by atoms with Crippen LogP contribution in [-0.4, -0.2) is 69.8 Å². The van der Waals surface area contributed by atoms with Gasteiger partial charge in [0.15, 0.2) is 0 Å². The van der Waals surface area contributed by atoms with E-state index in [0.717, 1.165) is 0 Å². The van der Waals surface area contributed by atoms with Gasteiger partial charge in [-0.15, -0.1) is 0 Å². The maximum Gasteiger partial charge on any atom is 0.408 e. The first-order valence-electron chi connectivity index (χ1n) is 18.5. The Hall–Kier alpha value is -6.25. The lowest BCUT2D eigenvalue weighted by atomic mass is 9.90. The Kier molecular flexibility index (Phi) is 16.1. The highest BCUT2D eigenvalue weighted by Crippen LogP contribution is 2.27. The number of halogens is 2. The molecule has 2 aromatic carbocycles. The number of carbonyl (C=O) groups excluding carboxylic acids is 5. The highest BCUT2D eigenvalue weighted by molar-refractivity contribution is 5.97. The number of hydrogen-bond acceptors (Lipinski definition) is 9. The van der Waals surface area contributed by atoms with Gasteiger partial charge in [0, 0.05) is 12.4 Å². The summed E-state index contributed by atoms with van der Waals surface area (Å²) in [5, 5.41) is 9.69. The number of nitrogens with zero attached hydrogens (tertiary/aromatic N) is 2. The number of Topliss-reactive ketones (excluding diaryl/α,β-unsaturated/α-hetero) is 1. The molecule has 0 saturated carbocycles. The fourth-order valence-electron chi connectivity index (χ4n) is 5.76. The maximum absolute atomic E-state index is 16.9. The molecule has 15 heteroatoms. The number of rotatable bonds is 19. The SMILES string of the molecule is CC(C)[C@H](NC(=O)OCc1ccccn1)C(=O)N[C@@H](Cc1ccccc1)C(=O)C(F)(F)[C@H](Cc1ccccc1)NC(=O)[C@@H](NC(=O)OCc1ccccn1)C(C)C. The van der Waals surface area contributed by atoms with Crippen LogP contribution in [0.5, 0.6) is 0 Å². The first-order valence-corrected chi connectivity index (χ1v) is 18.5. The Morgan fingerprint density at radius 3 is 1.42 bits per heavy atom. The number of pyridine rings is 2. The van der Waals surface area contributed by atoms with Crippen molar-refractivity contribution in [3.05, 3.63) is 132 Å². The number of alkyl halides is 2. The van der Waals surface area contributed by atoms with Crippen LogP contribution >= 0.6 is 0 Å². The summed E-state index contributed by atoms with van der Waals surface area (Å²) >= 11 is 0. The summed E-state index contributed by atoms with van der Waals surface area (Å²) in [4.78, 5) is 75.3. The van der Waals surface area contributed by atoms with Crippen molar-refractivity contribution in [2.75, 3.05) is 0 Å². The van der Waals surface area contributed by atoms with Crippen molar-refractivity contribution in [3.63, 3.8) is 0 Å². The van der Waals surface area contributed by atoms with Crippen molar-refractivity contribution >= 4 is 29.8 Å². The summed E-state index contributed by atoms with van der Waals surface area (Å²) in [6.45, 7) is 6.09. The third kappa shape index (κ3) is 13.5. The molecule has 0 unspecified atom stereocenters. The lowest BCUT2D eigenvalue weighted by Gasteiger charge is -2.32. The Bertz CT molecular complexity index is 1910. The molecule has 0 aliphatic carbocycles. The zero-order valence-electron chi connectivity index (χ0n) is 32.2. The zero-order chi connectivity index (χ0) is 41.4. The second-order valence-electron chi connectivity index (χ2n) is 14.0. The van der Waals surface area contributed by atoms with Gasteiger partial charge in [0.05, 0.1) is 17.4 Å². The van der Waals surface area contributed by atoms with Crippen molar-refractivity contribution in [2.45, 2.75) is 83.8 Å². The molecule has 4 atom stereocenters. The minimum Gasteiger partial charge on any atom is -0.443 e. The minimum atomic E-state index is -4.28. The monoisotopic (exact) mass is 786 g/mol. The van der Waals surface area contributed by atoms with Gasteiger partial charge >= 0.3 is 18.1 Å². The second-order valence-corrected chi connectivity index (χ2v) is 14.0. The van der Waals surface area contributed by atoms with Crippen LogP contribution in [0.1, 0.15) is 50.2 Å². The van der Waals surface area contributed by atoms with Crippen LogP contribution in [0.4, 0.5) is 18.4 Å². The summed E-state index contributed by atoms with van der Waals surface area (Å²) in [5.41, 5.74) is 1.76. The average molecular weight is 787 g/mol. The van der Waals surface area contributed by atoms with E-state index in [9.17, 15) is 24.0 Å². The maximum atomic E-state index is 16.9. The third-order valence-corrected chi connectivity index (χ3v) is 8.88. The largest absolute Gasteiger partial charge is 0.443 e. The fraction of sp³-hybridized carbons (Fsp3) is 0.357. The lowest BCUT2D eigenvalue weighted by Crippen LogP contribution is -2.63. The van der Waals surface area contributed by atoms with Crippen LogP contribution in [0, 0.1) is 11.8 Å². The molecule has 0 fully saturated rings. The molecule has 13 nitrogen and oxygen atoms in total. The predicted molar refractivity (Wildman–Crippen MR) is 206 cm³/mol. The third-order valence-electron chi connectivity index (χ3n) is 8.88. The Balaban J connectivity index is 1.57. The van der Waals surface area contributed by atoms with Gasteiger partial charge in [-0.25, -0.2) is 9.59 Å². The average Bonchev–Trinajstić information content (AvgIpc) is 3.20. The van der Waals surface area contributed by atoms with Crippen molar-refractivity contribution in [1.82, 2.24) is 31.2 Å². The van der Waals surface area contributed by atoms with Crippen LogP contribution in [0.25, 0.3) is 0 Å². The predicted octanol–water partition coefficient (Wildman–Crippen LogP) is 5.34. The van der Waals surface area contributed by atoms with Crippen LogP contribution in [-0.2, 0) is 49.9 Å². The van der Waals surface area contributed by atoms with E-state index in [1.165, 1.54) is 12.4 Å². The van der Waals surface area contributed by atoms with Gasteiger partial charge in [0.25, 0.3) is 0 Å². The Morgan fingerprint density at radius 1 is 0.579 bits per heavy atom. The van der Waals surface area contributed by atoms with Gasteiger partial charge in [-0.2, -0.15) is 8.78 Å². The quantitative estimate of drug-likeness (QED) is 0.0978. The molecule has 2 heterocycles. The standard InChI is InChI=1S/C42H48F2N6O7/c1-27(2)35(49-40(54)56-25-31-19-11-13-21-45-31)38(52)47-33(23-29-15-7-5-8-16-29)37(51)42(43,44)34(24-30-17-9-6-10-18-30)48-39(53)36(28(3)4)50-41(55)57-26-32-20-12-14-22-46-32/h5-22,27-28,33-36H,23-26H2,1-4H3,(H,47,52)(H,48,53)(H,49,54)(H,50,55)/t33-,34-,35-,36-/m0/s1. The van der Waals surface area contributed by atoms with Crippen LogP contribution in [0.3, 0.4) is 0 Å². The molecule has 0 saturated heterocycles. The van der Waals surface area contributed by atoms with Gasteiger partial charge in [0.1, 0.15) is 31.3 Å². The molecule has 0 radical (unpaired) electrons. The van der Waals surface area contributed by atoms with E-state index in [2.05, 4.69) is 31.2 Å². The highest BCUT2D eigenvalue weighted by Gasteiger charge is 2.51. The minimum absolute atomic E-state index is 0.186. The van der Waals surface area contributed by atoms with E-state index in [1.54, 1.807) is 125 Å². The molecule has 0 aliphatic heterocycles. The van der Waals surface area contributed by atoms with Crippen molar-refractivity contribution in [2.24, 2.45) is 11.8 Å². The molecule has 4 N–H and O–H groups in total. The summed E-state index contributed by atoms with van der Waals surface area (Å²) in [6, 6.07) is 19.9. The molecule has 4 rings (SSSR count). The summed E-state index contributed by atoms with van der Waals surface area (Å²) in [5.74, 6) is -8.98. The Labute approximate surface area is 330 Å². The highest BCUT2D eigenvalue weighted by atomic mass is 19.3. The molecular formula is C42H48F2N6O7. The van der Waals surface area contributed by atoms with E-state index < -0.39 is 78.1 Å². The number of nitrogens with one attached hydrogen (secondary N) is 4. The van der Waals surface area contributed by atoms with Gasteiger partial charge < -0.3 is 30.7 Å². The summed E-state index contributed by atoms with van der Waals surface area (Å²) in [7, 11) is 0. The van der Waals surface area contributed by atoms with Gasteiger partial charge in [-0.3, -0.25) is 24.4 Å². The number of carbonyl (C=O) groups is 5. The lowest BCUT2D eigenvalue weighted by molar-refractivity contribution is -0.153. The van der Waals surface area contributed by atoms with E-state index in [1.807, 2.05) is 0 Å². The van der Waals surface area contributed by atoms with Crippen molar-refractivity contribution in [3.8, 4) is 0 Å². The molecule has 4 aromatic rings. The van der Waals surface area contributed by atoms with Crippen LogP contribution < -0.4 is 21.3 Å².